The van der Waals surface area contributed by atoms with Crippen LogP contribution < -0.4 is 4.74 Å². The molecule has 0 N–H and O–H groups in total. The summed E-state index contributed by atoms with van der Waals surface area (Å²) < 4.78 is 19.8. The summed E-state index contributed by atoms with van der Waals surface area (Å²) in [5.41, 5.74) is 4.39. The Morgan fingerprint density at radius 2 is 1.15 bits per heavy atom. The molecule has 2 aromatic carbocycles. The first-order valence-electron chi connectivity index (χ1n) is 15.5. The number of hydrogen-bond acceptors (Lipinski definition) is 3. The first-order chi connectivity index (χ1) is 19.2. The summed E-state index contributed by atoms with van der Waals surface area (Å²) in [7, 11) is 0. The SMILES string of the molecule is CCCCCCCCCCc1ccc(-c2ncc(-c3ccc(OCC(F)CCCCCCC)cc3)cn2)cc1. The van der Waals surface area contributed by atoms with Crippen molar-refractivity contribution in [3.05, 3.63) is 66.5 Å². The molecule has 1 aromatic heterocycles. The Kier molecular flexibility index (Phi) is 14.6. The molecule has 0 aliphatic carbocycles. The van der Waals surface area contributed by atoms with E-state index in [1.807, 2.05) is 36.7 Å². The van der Waals surface area contributed by atoms with Gasteiger partial charge in [-0.15, -0.1) is 0 Å². The quantitative estimate of drug-likeness (QED) is 0.136. The number of benzene rings is 2. The number of aromatic nitrogens is 2. The molecular formula is C35H49FN2O. The van der Waals surface area contributed by atoms with Gasteiger partial charge >= 0.3 is 0 Å². The Balaban J connectivity index is 1.40. The van der Waals surface area contributed by atoms with E-state index in [9.17, 15) is 4.39 Å². The molecule has 1 heterocycles. The Bertz CT molecular complexity index is 1020. The minimum atomic E-state index is -0.911. The summed E-state index contributed by atoms with van der Waals surface area (Å²) >= 11 is 0. The molecule has 1 unspecified atom stereocenters. The molecule has 0 bridgehead atoms. The normalized spacial score (nSPS) is 12.0. The van der Waals surface area contributed by atoms with Crippen molar-refractivity contribution in [1.29, 1.82) is 0 Å². The fourth-order valence-corrected chi connectivity index (χ4v) is 4.89. The van der Waals surface area contributed by atoms with Gasteiger partial charge in [-0.3, -0.25) is 0 Å². The molecule has 212 valence electrons. The lowest BCUT2D eigenvalue weighted by atomic mass is 10.0. The zero-order chi connectivity index (χ0) is 27.5. The maximum atomic E-state index is 14.1. The number of hydrogen-bond donors (Lipinski definition) is 0. The highest BCUT2D eigenvalue weighted by molar-refractivity contribution is 5.64. The Hall–Kier alpha value is -2.75. The maximum absolute atomic E-state index is 14.1. The van der Waals surface area contributed by atoms with Crippen molar-refractivity contribution in [2.75, 3.05) is 6.61 Å². The zero-order valence-corrected chi connectivity index (χ0v) is 24.3. The van der Waals surface area contributed by atoms with E-state index in [4.69, 9.17) is 4.74 Å². The van der Waals surface area contributed by atoms with E-state index in [0.29, 0.717) is 12.2 Å². The highest BCUT2D eigenvalue weighted by atomic mass is 19.1. The number of halogens is 1. The summed E-state index contributed by atoms with van der Waals surface area (Å²) in [5, 5.41) is 0. The summed E-state index contributed by atoms with van der Waals surface area (Å²) in [6.45, 7) is 4.57. The lowest BCUT2D eigenvalue weighted by Gasteiger charge is -2.11. The van der Waals surface area contributed by atoms with Gasteiger partial charge in [0.2, 0.25) is 0 Å². The molecule has 4 heteroatoms. The summed E-state index contributed by atoms with van der Waals surface area (Å²) in [5.74, 6) is 1.43. The highest BCUT2D eigenvalue weighted by Gasteiger charge is 2.08. The van der Waals surface area contributed by atoms with Crippen molar-refractivity contribution < 1.29 is 9.13 Å². The fourth-order valence-electron chi connectivity index (χ4n) is 4.89. The van der Waals surface area contributed by atoms with E-state index in [-0.39, 0.29) is 6.61 Å². The molecule has 0 radical (unpaired) electrons. The van der Waals surface area contributed by atoms with Crippen molar-refractivity contribution in [2.24, 2.45) is 0 Å². The van der Waals surface area contributed by atoms with Crippen LogP contribution in [0.3, 0.4) is 0 Å². The third-order valence-corrected chi connectivity index (χ3v) is 7.42. The van der Waals surface area contributed by atoms with Crippen molar-refractivity contribution >= 4 is 0 Å². The van der Waals surface area contributed by atoms with Crippen LogP contribution in [0.1, 0.15) is 109 Å². The molecule has 0 fully saturated rings. The molecule has 0 spiro atoms. The van der Waals surface area contributed by atoms with Gasteiger partial charge in [-0.05, 0) is 42.5 Å². The van der Waals surface area contributed by atoms with Gasteiger partial charge < -0.3 is 4.74 Å². The van der Waals surface area contributed by atoms with Crippen LogP contribution in [0.2, 0.25) is 0 Å². The second-order valence-corrected chi connectivity index (χ2v) is 10.9. The van der Waals surface area contributed by atoms with Crippen LogP contribution in [0.5, 0.6) is 5.75 Å². The second-order valence-electron chi connectivity index (χ2n) is 10.9. The molecule has 0 saturated carbocycles. The van der Waals surface area contributed by atoms with E-state index < -0.39 is 6.17 Å². The number of nitrogens with zero attached hydrogens (tertiary/aromatic N) is 2. The molecule has 39 heavy (non-hydrogen) atoms. The predicted molar refractivity (Wildman–Crippen MR) is 163 cm³/mol. The Morgan fingerprint density at radius 1 is 0.615 bits per heavy atom. The number of alkyl halides is 1. The van der Waals surface area contributed by atoms with Crippen LogP contribution in [-0.4, -0.2) is 22.7 Å². The van der Waals surface area contributed by atoms with Gasteiger partial charge in [0.1, 0.15) is 18.5 Å². The summed E-state index contributed by atoms with van der Waals surface area (Å²) in [6, 6.07) is 16.4. The van der Waals surface area contributed by atoms with Crippen LogP contribution in [-0.2, 0) is 6.42 Å². The first-order valence-corrected chi connectivity index (χ1v) is 15.5. The van der Waals surface area contributed by atoms with E-state index in [1.165, 1.54) is 76.2 Å². The van der Waals surface area contributed by atoms with E-state index in [0.717, 1.165) is 41.8 Å². The monoisotopic (exact) mass is 532 g/mol. The van der Waals surface area contributed by atoms with E-state index in [1.54, 1.807) is 0 Å². The minimum Gasteiger partial charge on any atom is -0.491 e. The van der Waals surface area contributed by atoms with Crippen molar-refractivity contribution in [3.8, 4) is 28.3 Å². The molecule has 3 rings (SSSR count). The zero-order valence-electron chi connectivity index (χ0n) is 24.3. The van der Waals surface area contributed by atoms with Gasteiger partial charge in [-0.1, -0.05) is 127 Å². The number of rotatable bonds is 20. The lowest BCUT2D eigenvalue weighted by Crippen LogP contribution is -2.12. The first kappa shape index (κ1) is 30.8. The third-order valence-electron chi connectivity index (χ3n) is 7.42. The largest absolute Gasteiger partial charge is 0.491 e. The summed E-state index contributed by atoms with van der Waals surface area (Å²) in [6.07, 6.45) is 21.0. The van der Waals surface area contributed by atoms with Crippen molar-refractivity contribution in [3.63, 3.8) is 0 Å². The molecule has 0 saturated heterocycles. The predicted octanol–water partition coefficient (Wildman–Crippen LogP) is 10.6. The second kappa shape index (κ2) is 18.5. The van der Waals surface area contributed by atoms with E-state index in [2.05, 4.69) is 48.1 Å². The average molecular weight is 533 g/mol. The number of unbranched alkanes of at least 4 members (excludes halogenated alkanes) is 11. The molecule has 3 nitrogen and oxygen atoms in total. The Labute approximate surface area is 236 Å². The molecule has 0 amide bonds. The smallest absolute Gasteiger partial charge is 0.159 e. The molecule has 3 aromatic rings. The van der Waals surface area contributed by atoms with Gasteiger partial charge in [0.15, 0.2) is 5.82 Å². The topological polar surface area (TPSA) is 35.0 Å². The fraction of sp³-hybridized carbons (Fsp3) is 0.543. The average Bonchev–Trinajstić information content (AvgIpc) is 2.98. The molecule has 0 aliphatic heterocycles. The molecule has 1 atom stereocenters. The standard InChI is InChI=1S/C35H49FN2O/c1-3-5-7-9-10-11-13-14-16-29-18-20-31(21-19-29)35-37-26-32(27-38-35)30-22-24-34(25-23-30)39-28-33(36)17-15-12-8-6-4-2/h18-27,33H,3-17,28H2,1-2H3. The number of ether oxygens (including phenoxy) is 1. The van der Waals surface area contributed by atoms with E-state index >= 15 is 0 Å². The molecular weight excluding hydrogens is 483 g/mol. The minimum absolute atomic E-state index is 0.114. The molecule has 0 aliphatic rings. The van der Waals surface area contributed by atoms with Crippen LogP contribution in [0.4, 0.5) is 4.39 Å². The van der Waals surface area contributed by atoms with Gasteiger partial charge in [0, 0.05) is 23.5 Å². The van der Waals surface area contributed by atoms with Crippen LogP contribution in [0, 0.1) is 0 Å². The Morgan fingerprint density at radius 3 is 1.77 bits per heavy atom. The van der Waals surface area contributed by atoms with Gasteiger partial charge in [-0.2, -0.15) is 0 Å². The van der Waals surface area contributed by atoms with Crippen molar-refractivity contribution in [1.82, 2.24) is 9.97 Å². The van der Waals surface area contributed by atoms with Crippen LogP contribution in [0.15, 0.2) is 60.9 Å². The summed E-state index contributed by atoms with van der Waals surface area (Å²) in [4.78, 5) is 9.22. The number of aryl methyl sites for hydroxylation is 1. The van der Waals surface area contributed by atoms with Gasteiger partial charge in [0.25, 0.3) is 0 Å². The van der Waals surface area contributed by atoms with Crippen molar-refractivity contribution in [2.45, 2.75) is 116 Å². The lowest BCUT2D eigenvalue weighted by molar-refractivity contribution is 0.184. The van der Waals surface area contributed by atoms with Crippen LogP contribution >= 0.6 is 0 Å². The van der Waals surface area contributed by atoms with Gasteiger partial charge in [0.05, 0.1) is 0 Å². The van der Waals surface area contributed by atoms with Crippen LogP contribution in [0.25, 0.3) is 22.5 Å². The maximum Gasteiger partial charge on any atom is 0.159 e. The third kappa shape index (κ3) is 11.9. The highest BCUT2D eigenvalue weighted by Crippen LogP contribution is 2.24. The van der Waals surface area contributed by atoms with Gasteiger partial charge in [-0.25, -0.2) is 14.4 Å².